The third-order valence-corrected chi connectivity index (χ3v) is 0.811. The van der Waals surface area contributed by atoms with E-state index in [9.17, 15) is 4.79 Å². The predicted molar refractivity (Wildman–Crippen MR) is 38.1 cm³/mol. The smallest absolute Gasteiger partial charge is 0.245 e. The third-order valence-electron chi connectivity index (χ3n) is 0.811. The number of rotatable bonds is 1. The van der Waals surface area contributed by atoms with Crippen LogP contribution in [0.1, 0.15) is 15.2 Å². The maximum Gasteiger partial charge on any atom is 0.245 e. The molecule has 0 radical (unpaired) electrons. The molecule has 0 unspecified atom stereocenters. The summed E-state index contributed by atoms with van der Waals surface area (Å²) in [6, 6.07) is 0. The number of allylic oxidation sites excluding steroid dienone is 1. The Kier molecular flexibility index (Phi) is 2.31. The number of nitrogens with zero attached hydrogens (tertiary/aromatic N) is 1. The Morgan fingerprint density at radius 3 is 2.56 bits per heavy atom. The van der Waals surface area contributed by atoms with Gasteiger partial charge in [0.05, 0.1) is 0 Å². The Morgan fingerprint density at radius 1 is 1.67 bits per heavy atom. The van der Waals surface area contributed by atoms with Gasteiger partial charge in [0.25, 0.3) is 0 Å². The summed E-state index contributed by atoms with van der Waals surface area (Å²) in [7, 11) is 3.38. The topological polar surface area (TPSA) is 20.3 Å². The standard InChI is InChI=1S/C7H13NO/c1-6(2)5-7(9)8(3)4/h5H,1-4H3/i1D/b6-5+. The second-order valence-corrected chi connectivity index (χ2v) is 2.22. The Balaban J connectivity index is 4.00. The molecule has 0 atom stereocenters. The van der Waals surface area contributed by atoms with Gasteiger partial charge in [-0.3, -0.25) is 4.79 Å². The molecule has 9 heavy (non-hydrogen) atoms. The number of carbonyl (C=O) groups excluding carboxylic acids is 1. The summed E-state index contributed by atoms with van der Waals surface area (Å²) in [4.78, 5) is 12.4. The largest absolute Gasteiger partial charge is 0.345 e. The summed E-state index contributed by atoms with van der Waals surface area (Å²) >= 11 is 0. The SMILES string of the molecule is [2H]C/C(C)=C\C(=O)N(C)C. The highest BCUT2D eigenvalue weighted by Crippen LogP contribution is 1.89. The minimum absolute atomic E-state index is 0.0512. The van der Waals surface area contributed by atoms with Crippen molar-refractivity contribution in [1.82, 2.24) is 4.90 Å². The van der Waals surface area contributed by atoms with Crippen LogP contribution >= 0.6 is 0 Å². The Hall–Kier alpha value is -0.790. The molecule has 1 amide bonds. The van der Waals surface area contributed by atoms with E-state index in [1.807, 2.05) is 0 Å². The second-order valence-electron chi connectivity index (χ2n) is 2.22. The molecule has 2 heteroatoms. The molecule has 0 N–H and O–H groups in total. The van der Waals surface area contributed by atoms with Gasteiger partial charge in [0.2, 0.25) is 5.91 Å². The average Bonchev–Trinajstić information content (AvgIpc) is 1.87. The number of likely N-dealkylation sites (N-methyl/N-ethyl adjacent to an activating group) is 1. The summed E-state index contributed by atoms with van der Waals surface area (Å²) in [5.74, 6) is -0.0512. The van der Waals surface area contributed by atoms with Crippen molar-refractivity contribution < 1.29 is 6.17 Å². The molecule has 0 fully saturated rings. The molecule has 0 rings (SSSR count). The monoisotopic (exact) mass is 128 g/mol. The normalized spacial score (nSPS) is 12.8. The van der Waals surface area contributed by atoms with Crippen LogP contribution in [0.4, 0.5) is 0 Å². The van der Waals surface area contributed by atoms with Gasteiger partial charge in [-0.05, 0) is 13.8 Å². The van der Waals surface area contributed by atoms with Gasteiger partial charge in [0, 0.05) is 21.5 Å². The molecule has 0 aromatic rings. The van der Waals surface area contributed by atoms with E-state index >= 15 is 0 Å². The van der Waals surface area contributed by atoms with Gasteiger partial charge in [-0.15, -0.1) is 0 Å². The first-order valence-corrected chi connectivity index (χ1v) is 2.75. The van der Waals surface area contributed by atoms with Crippen molar-refractivity contribution >= 4 is 5.91 Å². The van der Waals surface area contributed by atoms with Gasteiger partial charge in [0.1, 0.15) is 0 Å². The van der Waals surface area contributed by atoms with Crippen LogP contribution in [0, 0.1) is 0 Å². The van der Waals surface area contributed by atoms with Crippen molar-refractivity contribution in [2.75, 3.05) is 14.1 Å². The minimum Gasteiger partial charge on any atom is -0.345 e. The summed E-state index contributed by atoms with van der Waals surface area (Å²) in [5, 5.41) is 0. The molecular weight excluding hydrogens is 114 g/mol. The van der Waals surface area contributed by atoms with Crippen LogP contribution in [0.2, 0.25) is 0 Å². The van der Waals surface area contributed by atoms with E-state index in [-0.39, 0.29) is 12.8 Å². The van der Waals surface area contributed by atoms with Crippen LogP contribution in [0.5, 0.6) is 0 Å². The number of hydrogen-bond acceptors (Lipinski definition) is 1. The first-order valence-electron chi connectivity index (χ1n) is 3.46. The van der Waals surface area contributed by atoms with Gasteiger partial charge in [-0.25, -0.2) is 0 Å². The highest BCUT2D eigenvalue weighted by molar-refractivity contribution is 5.87. The molecule has 0 aliphatic rings. The molecule has 0 aromatic heterocycles. The zero-order valence-corrected chi connectivity index (χ0v) is 6.14. The molecule has 0 heterocycles. The molecule has 0 saturated heterocycles. The lowest BCUT2D eigenvalue weighted by atomic mass is 10.3. The van der Waals surface area contributed by atoms with E-state index in [1.54, 1.807) is 21.0 Å². The lowest BCUT2D eigenvalue weighted by Gasteiger charge is -2.05. The maximum absolute atomic E-state index is 10.9. The fourth-order valence-corrected chi connectivity index (χ4v) is 0.340. The fraction of sp³-hybridized carbons (Fsp3) is 0.571. The fourth-order valence-electron chi connectivity index (χ4n) is 0.340. The van der Waals surface area contributed by atoms with E-state index in [0.717, 1.165) is 5.57 Å². The van der Waals surface area contributed by atoms with E-state index in [4.69, 9.17) is 1.37 Å². The van der Waals surface area contributed by atoms with Gasteiger partial charge in [0.15, 0.2) is 0 Å². The van der Waals surface area contributed by atoms with Crippen LogP contribution < -0.4 is 0 Å². The van der Waals surface area contributed by atoms with E-state index in [2.05, 4.69) is 0 Å². The van der Waals surface area contributed by atoms with Crippen molar-refractivity contribution in [3.05, 3.63) is 11.6 Å². The molecule has 0 aromatic carbocycles. The summed E-state index contributed by atoms with van der Waals surface area (Å²) < 4.78 is 6.90. The number of hydrogen-bond donors (Lipinski definition) is 0. The average molecular weight is 128 g/mol. The van der Waals surface area contributed by atoms with Crippen LogP contribution in [-0.4, -0.2) is 24.9 Å². The Morgan fingerprint density at radius 2 is 2.22 bits per heavy atom. The Labute approximate surface area is 57.6 Å². The first-order chi connectivity index (χ1) is 4.57. The molecule has 0 saturated carbocycles. The van der Waals surface area contributed by atoms with Crippen molar-refractivity contribution in [3.8, 4) is 0 Å². The highest BCUT2D eigenvalue weighted by atomic mass is 16.2. The maximum atomic E-state index is 10.9. The van der Waals surface area contributed by atoms with E-state index in [1.165, 1.54) is 11.0 Å². The van der Waals surface area contributed by atoms with Crippen molar-refractivity contribution in [2.45, 2.75) is 13.8 Å². The predicted octanol–water partition coefficient (Wildman–Crippen LogP) is 1.04. The molecule has 0 spiro atoms. The quantitative estimate of drug-likeness (QED) is 0.483. The molecule has 0 aliphatic carbocycles. The van der Waals surface area contributed by atoms with E-state index in [0.29, 0.717) is 0 Å². The lowest BCUT2D eigenvalue weighted by molar-refractivity contribution is -0.123. The van der Waals surface area contributed by atoms with Gasteiger partial charge in [-0.1, -0.05) is 5.57 Å². The second kappa shape index (κ2) is 3.28. The zero-order valence-electron chi connectivity index (χ0n) is 7.14. The zero-order chi connectivity index (χ0) is 8.15. The van der Waals surface area contributed by atoms with Crippen LogP contribution in [0.15, 0.2) is 11.6 Å². The van der Waals surface area contributed by atoms with Crippen molar-refractivity contribution in [1.29, 1.82) is 0 Å². The van der Waals surface area contributed by atoms with E-state index < -0.39 is 0 Å². The van der Waals surface area contributed by atoms with Crippen molar-refractivity contribution in [2.24, 2.45) is 0 Å². The highest BCUT2D eigenvalue weighted by Gasteiger charge is 1.95. The van der Waals surface area contributed by atoms with Crippen LogP contribution in [-0.2, 0) is 4.79 Å². The molecular formula is C7H13NO. The Bertz CT molecular complexity index is 152. The number of carbonyl (C=O) groups is 1. The minimum atomic E-state index is -0.0512. The van der Waals surface area contributed by atoms with Gasteiger partial charge in [-0.2, -0.15) is 0 Å². The molecule has 2 nitrogen and oxygen atoms in total. The number of amides is 1. The summed E-state index contributed by atoms with van der Waals surface area (Å²) in [6.45, 7) is 1.97. The van der Waals surface area contributed by atoms with Gasteiger partial charge < -0.3 is 4.90 Å². The van der Waals surface area contributed by atoms with Gasteiger partial charge >= 0.3 is 0 Å². The molecule has 0 bridgehead atoms. The first kappa shape index (κ1) is 6.33. The molecule has 0 aliphatic heterocycles. The van der Waals surface area contributed by atoms with Crippen LogP contribution in [0.3, 0.4) is 0 Å². The lowest BCUT2D eigenvalue weighted by Crippen LogP contribution is -2.19. The summed E-state index contributed by atoms with van der Waals surface area (Å²) in [5.41, 5.74) is 0.790. The van der Waals surface area contributed by atoms with Crippen LogP contribution in [0.25, 0.3) is 0 Å². The molecule has 52 valence electrons. The summed E-state index contributed by atoms with van der Waals surface area (Å²) in [6.07, 6.45) is 1.48. The van der Waals surface area contributed by atoms with Crippen molar-refractivity contribution in [3.63, 3.8) is 0 Å². The third kappa shape index (κ3) is 3.76.